The molecule has 0 aromatic heterocycles. The topological polar surface area (TPSA) is 65.0 Å². The molecule has 0 aliphatic carbocycles. The number of phenolic OH excluding ortho intramolecular Hbond substituents is 1. The number of carbonyl (C=O) groups is 1. The number of amides is 2. The average Bonchev–Trinajstić information content (AvgIpc) is 2.56. The lowest BCUT2D eigenvalue weighted by atomic mass is 9.99. The van der Waals surface area contributed by atoms with Crippen LogP contribution in [0, 0.1) is 5.92 Å². The highest BCUT2D eigenvalue weighted by atomic mass is 16.5. The van der Waals surface area contributed by atoms with E-state index in [2.05, 4.69) is 17.1 Å². The number of rotatable bonds is 6. The van der Waals surface area contributed by atoms with E-state index in [0.717, 1.165) is 31.1 Å². The van der Waals surface area contributed by atoms with Gasteiger partial charge in [-0.25, -0.2) is 4.79 Å². The van der Waals surface area contributed by atoms with Gasteiger partial charge < -0.3 is 25.0 Å². The fraction of sp³-hybridized carbons (Fsp3) is 0.611. The first kappa shape index (κ1) is 18.4. The van der Waals surface area contributed by atoms with Crippen molar-refractivity contribution in [3.8, 4) is 11.5 Å². The summed E-state index contributed by atoms with van der Waals surface area (Å²) in [6, 6.07) is 5.07. The lowest BCUT2D eigenvalue weighted by Crippen LogP contribution is -2.42. The molecule has 1 fully saturated rings. The Balaban J connectivity index is 1.73. The number of hydrogen-bond donors (Lipinski definition) is 2. The molecule has 134 valence electrons. The Bertz CT molecular complexity index is 542. The number of carbonyl (C=O) groups excluding carboxylic acids is 1. The van der Waals surface area contributed by atoms with Crippen LogP contribution in [-0.4, -0.2) is 61.3 Å². The molecular formula is C18H29N3O3. The summed E-state index contributed by atoms with van der Waals surface area (Å²) in [5, 5.41) is 12.8. The van der Waals surface area contributed by atoms with Crippen molar-refractivity contribution < 1.29 is 14.6 Å². The SMILES string of the molecule is COc1ccc(CN(C)C(=O)NCCN2CCC(C)CC2)cc1O. The van der Waals surface area contributed by atoms with Crippen molar-refractivity contribution in [3.05, 3.63) is 23.8 Å². The highest BCUT2D eigenvalue weighted by Gasteiger charge is 2.16. The Hall–Kier alpha value is -1.95. The van der Waals surface area contributed by atoms with E-state index in [9.17, 15) is 9.90 Å². The Kier molecular flexibility index (Phi) is 6.73. The van der Waals surface area contributed by atoms with Gasteiger partial charge in [-0.3, -0.25) is 0 Å². The van der Waals surface area contributed by atoms with E-state index in [1.807, 2.05) is 6.07 Å². The number of nitrogens with zero attached hydrogens (tertiary/aromatic N) is 2. The van der Waals surface area contributed by atoms with Gasteiger partial charge in [-0.2, -0.15) is 0 Å². The number of nitrogens with one attached hydrogen (secondary N) is 1. The van der Waals surface area contributed by atoms with Gasteiger partial charge in [0, 0.05) is 26.7 Å². The Morgan fingerprint density at radius 1 is 1.42 bits per heavy atom. The number of benzene rings is 1. The lowest BCUT2D eigenvalue weighted by Gasteiger charge is -2.30. The standard InChI is InChI=1S/C18H29N3O3/c1-14-6-9-21(10-7-14)11-8-19-18(23)20(2)13-15-4-5-17(24-3)16(22)12-15/h4-5,12,14,22H,6-11,13H2,1-3H3,(H,19,23). The molecule has 1 aromatic rings. The van der Waals surface area contributed by atoms with Crippen LogP contribution in [0.1, 0.15) is 25.3 Å². The number of piperidine rings is 1. The van der Waals surface area contributed by atoms with Crippen LogP contribution in [-0.2, 0) is 6.54 Å². The van der Waals surface area contributed by atoms with Crippen molar-refractivity contribution in [2.45, 2.75) is 26.3 Å². The van der Waals surface area contributed by atoms with Gasteiger partial charge >= 0.3 is 6.03 Å². The third-order valence-electron chi connectivity index (χ3n) is 4.59. The summed E-state index contributed by atoms with van der Waals surface area (Å²) in [5.74, 6) is 1.34. The van der Waals surface area contributed by atoms with Gasteiger partial charge in [0.05, 0.1) is 7.11 Å². The molecule has 2 N–H and O–H groups in total. The van der Waals surface area contributed by atoms with Crippen LogP contribution in [0.15, 0.2) is 18.2 Å². The molecule has 0 radical (unpaired) electrons. The second-order valence-electron chi connectivity index (χ2n) is 6.62. The number of methoxy groups -OCH3 is 1. The maximum Gasteiger partial charge on any atom is 0.317 e. The van der Waals surface area contributed by atoms with Gasteiger partial charge in [0.2, 0.25) is 0 Å². The molecule has 1 aliphatic heterocycles. The molecule has 1 aliphatic rings. The summed E-state index contributed by atoms with van der Waals surface area (Å²) in [4.78, 5) is 16.2. The Labute approximate surface area is 144 Å². The highest BCUT2D eigenvalue weighted by molar-refractivity contribution is 5.73. The van der Waals surface area contributed by atoms with Gasteiger partial charge in [0.25, 0.3) is 0 Å². The highest BCUT2D eigenvalue weighted by Crippen LogP contribution is 2.26. The van der Waals surface area contributed by atoms with Gasteiger partial charge in [0.1, 0.15) is 0 Å². The molecule has 24 heavy (non-hydrogen) atoms. The molecule has 6 heteroatoms. The maximum absolute atomic E-state index is 12.2. The van der Waals surface area contributed by atoms with Crippen LogP contribution >= 0.6 is 0 Å². The van der Waals surface area contributed by atoms with E-state index in [1.165, 1.54) is 20.0 Å². The second-order valence-corrected chi connectivity index (χ2v) is 6.62. The number of phenols is 1. The molecular weight excluding hydrogens is 306 g/mol. The second kappa shape index (κ2) is 8.78. The zero-order chi connectivity index (χ0) is 17.5. The van der Waals surface area contributed by atoms with Crippen LogP contribution in [0.3, 0.4) is 0 Å². The molecule has 1 aromatic carbocycles. The third kappa shape index (κ3) is 5.30. The predicted octanol–water partition coefficient (Wildman–Crippen LogP) is 2.27. The number of hydrogen-bond acceptors (Lipinski definition) is 4. The first-order valence-electron chi connectivity index (χ1n) is 8.56. The summed E-state index contributed by atoms with van der Waals surface area (Å²) in [6.45, 7) is 6.53. The van der Waals surface area contributed by atoms with Crippen LogP contribution in [0.4, 0.5) is 4.79 Å². The van der Waals surface area contributed by atoms with Crippen molar-refractivity contribution in [1.29, 1.82) is 0 Å². The summed E-state index contributed by atoms with van der Waals surface area (Å²) < 4.78 is 5.02. The summed E-state index contributed by atoms with van der Waals surface area (Å²) in [7, 11) is 3.26. The molecule has 0 bridgehead atoms. The first-order chi connectivity index (χ1) is 11.5. The van der Waals surface area contributed by atoms with Gasteiger partial charge in [-0.1, -0.05) is 13.0 Å². The molecule has 1 saturated heterocycles. The largest absolute Gasteiger partial charge is 0.504 e. The number of ether oxygens (including phenoxy) is 1. The van der Waals surface area contributed by atoms with Crippen molar-refractivity contribution in [1.82, 2.24) is 15.1 Å². The number of urea groups is 1. The minimum absolute atomic E-state index is 0.0862. The van der Waals surface area contributed by atoms with Crippen molar-refractivity contribution in [2.24, 2.45) is 5.92 Å². The van der Waals surface area contributed by atoms with Crippen molar-refractivity contribution in [3.63, 3.8) is 0 Å². The minimum atomic E-state index is -0.101. The van der Waals surface area contributed by atoms with E-state index in [4.69, 9.17) is 4.74 Å². The van der Waals surface area contributed by atoms with Gasteiger partial charge in [-0.15, -0.1) is 0 Å². The fourth-order valence-corrected chi connectivity index (χ4v) is 2.92. The van der Waals surface area contributed by atoms with Crippen LogP contribution in [0.5, 0.6) is 11.5 Å². The molecule has 1 heterocycles. The molecule has 0 saturated carbocycles. The summed E-state index contributed by atoms with van der Waals surface area (Å²) in [6.07, 6.45) is 2.49. The smallest absolute Gasteiger partial charge is 0.317 e. The van der Waals surface area contributed by atoms with Gasteiger partial charge in [-0.05, 0) is 49.5 Å². The molecule has 0 atom stereocenters. The first-order valence-corrected chi connectivity index (χ1v) is 8.56. The minimum Gasteiger partial charge on any atom is -0.504 e. The maximum atomic E-state index is 12.2. The van der Waals surface area contributed by atoms with Gasteiger partial charge in [0.15, 0.2) is 11.5 Å². The van der Waals surface area contributed by atoms with Crippen LogP contribution in [0.25, 0.3) is 0 Å². The number of aromatic hydroxyl groups is 1. The average molecular weight is 335 g/mol. The van der Waals surface area contributed by atoms with E-state index < -0.39 is 0 Å². The van der Waals surface area contributed by atoms with Crippen LogP contribution in [0.2, 0.25) is 0 Å². The normalized spacial score (nSPS) is 16.0. The third-order valence-corrected chi connectivity index (χ3v) is 4.59. The van der Waals surface area contributed by atoms with E-state index in [0.29, 0.717) is 18.8 Å². The predicted molar refractivity (Wildman–Crippen MR) is 94.4 cm³/mol. The zero-order valence-electron chi connectivity index (χ0n) is 14.9. The van der Waals surface area contributed by atoms with Crippen molar-refractivity contribution in [2.75, 3.05) is 40.3 Å². The fourth-order valence-electron chi connectivity index (χ4n) is 2.92. The van der Waals surface area contributed by atoms with Crippen LogP contribution < -0.4 is 10.1 Å². The Morgan fingerprint density at radius 3 is 2.75 bits per heavy atom. The summed E-state index contributed by atoms with van der Waals surface area (Å²) >= 11 is 0. The van der Waals surface area contributed by atoms with E-state index in [1.54, 1.807) is 24.1 Å². The monoisotopic (exact) mass is 335 g/mol. The molecule has 0 spiro atoms. The quantitative estimate of drug-likeness (QED) is 0.837. The lowest BCUT2D eigenvalue weighted by molar-refractivity contribution is 0.184. The Morgan fingerprint density at radius 2 is 2.12 bits per heavy atom. The van der Waals surface area contributed by atoms with Crippen molar-refractivity contribution >= 4 is 6.03 Å². The zero-order valence-corrected chi connectivity index (χ0v) is 14.9. The molecule has 0 unspecified atom stereocenters. The summed E-state index contributed by atoms with van der Waals surface area (Å²) in [5.41, 5.74) is 0.857. The molecule has 2 amide bonds. The number of likely N-dealkylation sites (tertiary alicyclic amines) is 1. The van der Waals surface area contributed by atoms with E-state index in [-0.39, 0.29) is 11.8 Å². The van der Waals surface area contributed by atoms with E-state index >= 15 is 0 Å². The molecule has 2 rings (SSSR count). The molecule has 6 nitrogen and oxygen atoms in total.